The molecule has 1 aromatic carbocycles. The van der Waals surface area contributed by atoms with Crippen LogP contribution < -0.4 is 16.4 Å². The highest BCUT2D eigenvalue weighted by Crippen LogP contribution is 2.45. The largest absolute Gasteiger partial charge is 0.375 e. The molecular formula is C15H22FN3O. The molecule has 0 aromatic heterocycles. The van der Waals surface area contributed by atoms with E-state index in [9.17, 15) is 4.39 Å². The van der Waals surface area contributed by atoms with Gasteiger partial charge in [0.05, 0.1) is 12.1 Å². The van der Waals surface area contributed by atoms with Gasteiger partial charge in [0.2, 0.25) is 0 Å². The zero-order chi connectivity index (χ0) is 14.3. The first-order valence-electron chi connectivity index (χ1n) is 7.10. The number of halogens is 1. The molecule has 4 nitrogen and oxygen atoms in total. The fourth-order valence-electron chi connectivity index (χ4n) is 3.30. The lowest BCUT2D eigenvalue weighted by Crippen LogP contribution is -2.31. The molecule has 0 spiro atoms. The first kappa shape index (κ1) is 13.8. The van der Waals surface area contributed by atoms with Gasteiger partial charge >= 0.3 is 0 Å². The standard InChI is InChI=1S/C15H22FN3O/c1-20-15(13(17)6-16)9-2-4-10(5-3-9)19-7-11-12(8-19)14(11)18/h2-5,11-15H,6-8,17-18H2,1H3/t11-,12+,13-,14?,15-/m1/s1. The molecule has 5 atom stereocenters. The maximum Gasteiger partial charge on any atom is 0.107 e. The van der Waals surface area contributed by atoms with Crippen LogP contribution in [0.25, 0.3) is 0 Å². The Kier molecular flexibility index (Phi) is 3.67. The molecule has 1 saturated carbocycles. The molecule has 1 saturated heterocycles. The van der Waals surface area contributed by atoms with Crippen molar-refractivity contribution in [3.63, 3.8) is 0 Å². The van der Waals surface area contributed by atoms with Gasteiger partial charge in [0.15, 0.2) is 0 Å². The number of anilines is 1. The topological polar surface area (TPSA) is 64.5 Å². The van der Waals surface area contributed by atoms with Gasteiger partial charge in [-0.25, -0.2) is 4.39 Å². The van der Waals surface area contributed by atoms with Crippen LogP contribution >= 0.6 is 0 Å². The van der Waals surface area contributed by atoms with E-state index >= 15 is 0 Å². The number of nitrogens with zero attached hydrogens (tertiary/aromatic N) is 1. The Balaban J connectivity index is 1.68. The quantitative estimate of drug-likeness (QED) is 0.846. The van der Waals surface area contributed by atoms with Gasteiger partial charge in [-0.3, -0.25) is 0 Å². The number of methoxy groups -OCH3 is 1. The molecule has 20 heavy (non-hydrogen) atoms. The highest BCUT2D eigenvalue weighted by atomic mass is 19.1. The summed E-state index contributed by atoms with van der Waals surface area (Å²) in [5.74, 6) is 1.34. The lowest BCUT2D eigenvalue weighted by Gasteiger charge is -2.24. The number of fused-ring (bicyclic) bond motifs is 1. The summed E-state index contributed by atoms with van der Waals surface area (Å²) < 4.78 is 18.0. The molecule has 110 valence electrons. The summed E-state index contributed by atoms with van der Waals surface area (Å²) in [5, 5.41) is 0. The third-order valence-corrected chi connectivity index (χ3v) is 4.67. The van der Waals surface area contributed by atoms with E-state index in [0.717, 1.165) is 18.7 Å². The number of hydrogen-bond donors (Lipinski definition) is 2. The Hall–Kier alpha value is -1.17. The fourth-order valence-corrected chi connectivity index (χ4v) is 3.30. The number of rotatable bonds is 5. The predicted octanol–water partition coefficient (Wildman–Crippen LogP) is 1.06. The van der Waals surface area contributed by atoms with E-state index in [2.05, 4.69) is 17.0 Å². The Morgan fingerprint density at radius 3 is 2.40 bits per heavy atom. The minimum Gasteiger partial charge on any atom is -0.375 e. The van der Waals surface area contributed by atoms with Crippen molar-refractivity contribution >= 4 is 5.69 Å². The lowest BCUT2D eigenvalue weighted by atomic mass is 10.0. The van der Waals surface area contributed by atoms with E-state index in [1.54, 1.807) is 7.11 Å². The van der Waals surface area contributed by atoms with Gasteiger partial charge in [-0.1, -0.05) is 12.1 Å². The monoisotopic (exact) mass is 279 g/mol. The molecule has 0 radical (unpaired) electrons. The summed E-state index contributed by atoms with van der Waals surface area (Å²) >= 11 is 0. The first-order chi connectivity index (χ1) is 9.65. The normalized spacial score (nSPS) is 31.0. The highest BCUT2D eigenvalue weighted by Gasteiger charge is 2.53. The Morgan fingerprint density at radius 2 is 1.90 bits per heavy atom. The maximum atomic E-state index is 12.7. The summed E-state index contributed by atoms with van der Waals surface area (Å²) in [4.78, 5) is 2.36. The summed E-state index contributed by atoms with van der Waals surface area (Å²) in [7, 11) is 1.56. The number of piperidine rings is 1. The van der Waals surface area contributed by atoms with Crippen molar-refractivity contribution < 1.29 is 9.13 Å². The van der Waals surface area contributed by atoms with Crippen molar-refractivity contribution in [1.29, 1.82) is 0 Å². The van der Waals surface area contributed by atoms with Crippen molar-refractivity contribution in [3.8, 4) is 0 Å². The molecule has 1 unspecified atom stereocenters. The van der Waals surface area contributed by atoms with Gasteiger partial charge in [0.25, 0.3) is 0 Å². The molecule has 1 aliphatic heterocycles. The van der Waals surface area contributed by atoms with Crippen LogP contribution in [0.4, 0.5) is 10.1 Å². The highest BCUT2D eigenvalue weighted by molar-refractivity contribution is 5.50. The average Bonchev–Trinajstić information content (AvgIpc) is 2.91. The molecule has 1 aromatic rings. The second kappa shape index (κ2) is 5.31. The summed E-state index contributed by atoms with van der Waals surface area (Å²) in [6, 6.07) is 7.85. The molecule has 5 heteroatoms. The molecule has 1 aliphatic carbocycles. The molecule has 3 rings (SSSR count). The van der Waals surface area contributed by atoms with Crippen LogP contribution in [0.5, 0.6) is 0 Å². The zero-order valence-electron chi connectivity index (χ0n) is 11.7. The van der Waals surface area contributed by atoms with Gasteiger partial charge in [0.1, 0.15) is 6.67 Å². The average molecular weight is 279 g/mol. The third-order valence-electron chi connectivity index (χ3n) is 4.67. The van der Waals surface area contributed by atoms with Crippen LogP contribution in [0, 0.1) is 11.8 Å². The smallest absolute Gasteiger partial charge is 0.107 e. The van der Waals surface area contributed by atoms with Crippen LogP contribution in [0.3, 0.4) is 0 Å². The van der Waals surface area contributed by atoms with Gasteiger partial charge in [-0.2, -0.15) is 0 Å². The lowest BCUT2D eigenvalue weighted by molar-refractivity contribution is 0.0721. The van der Waals surface area contributed by atoms with Crippen LogP contribution in [-0.2, 0) is 4.74 Å². The van der Waals surface area contributed by atoms with E-state index in [0.29, 0.717) is 17.9 Å². The summed E-state index contributed by atoms with van der Waals surface area (Å²) in [6.07, 6.45) is -0.394. The first-order valence-corrected chi connectivity index (χ1v) is 7.10. The molecule has 4 N–H and O–H groups in total. The van der Waals surface area contributed by atoms with Crippen molar-refractivity contribution in [2.45, 2.75) is 18.2 Å². The van der Waals surface area contributed by atoms with E-state index in [1.165, 1.54) is 5.69 Å². The third kappa shape index (κ3) is 2.30. The van der Waals surface area contributed by atoms with Crippen molar-refractivity contribution in [1.82, 2.24) is 0 Å². The number of ether oxygens (including phenoxy) is 1. The maximum absolute atomic E-state index is 12.7. The fraction of sp³-hybridized carbons (Fsp3) is 0.600. The summed E-state index contributed by atoms with van der Waals surface area (Å²) in [6.45, 7) is 1.50. The SMILES string of the molecule is CO[C@H](c1ccc(N2C[C@@H]3C(N)[C@@H]3C2)cc1)[C@H](N)CF. The van der Waals surface area contributed by atoms with E-state index in [1.807, 2.05) is 12.1 Å². The predicted molar refractivity (Wildman–Crippen MR) is 77.3 cm³/mol. The van der Waals surface area contributed by atoms with Crippen LogP contribution in [0.15, 0.2) is 24.3 Å². The minimum atomic E-state index is -0.622. The van der Waals surface area contributed by atoms with Gasteiger partial charge in [-0.15, -0.1) is 0 Å². The van der Waals surface area contributed by atoms with Crippen LogP contribution in [0.2, 0.25) is 0 Å². The molecular weight excluding hydrogens is 257 g/mol. The Bertz CT molecular complexity index is 455. The molecule has 2 aliphatic rings. The van der Waals surface area contributed by atoms with Crippen molar-refractivity contribution in [2.75, 3.05) is 31.8 Å². The minimum absolute atomic E-state index is 0.394. The zero-order valence-corrected chi connectivity index (χ0v) is 11.7. The molecule has 1 heterocycles. The number of nitrogens with two attached hydrogens (primary N) is 2. The van der Waals surface area contributed by atoms with Crippen LogP contribution in [0.1, 0.15) is 11.7 Å². The molecule has 0 bridgehead atoms. The van der Waals surface area contributed by atoms with E-state index in [4.69, 9.17) is 16.2 Å². The second-order valence-corrected chi connectivity index (χ2v) is 5.88. The Morgan fingerprint density at radius 1 is 1.30 bits per heavy atom. The molecule has 0 amide bonds. The Labute approximate surface area is 118 Å². The second-order valence-electron chi connectivity index (χ2n) is 5.88. The van der Waals surface area contributed by atoms with Gasteiger partial charge < -0.3 is 21.1 Å². The van der Waals surface area contributed by atoms with Crippen molar-refractivity contribution in [2.24, 2.45) is 23.3 Å². The number of alkyl halides is 1. The summed E-state index contributed by atoms with van der Waals surface area (Å²) in [5.41, 5.74) is 13.8. The number of hydrogen-bond acceptors (Lipinski definition) is 4. The van der Waals surface area contributed by atoms with Gasteiger partial charge in [0, 0.05) is 31.9 Å². The molecule has 2 fully saturated rings. The van der Waals surface area contributed by atoms with Gasteiger partial charge in [-0.05, 0) is 29.5 Å². The van der Waals surface area contributed by atoms with E-state index < -0.39 is 18.8 Å². The van der Waals surface area contributed by atoms with Crippen LogP contribution in [-0.4, -0.2) is 39.0 Å². The number of benzene rings is 1. The van der Waals surface area contributed by atoms with E-state index in [-0.39, 0.29) is 0 Å². The van der Waals surface area contributed by atoms with Crippen molar-refractivity contribution in [3.05, 3.63) is 29.8 Å².